The lowest BCUT2D eigenvalue weighted by molar-refractivity contribution is -0.122. The molecule has 2 N–H and O–H groups in total. The van der Waals surface area contributed by atoms with Gasteiger partial charge in [-0.15, -0.1) is 0 Å². The number of likely N-dealkylation sites (N-methyl/N-ethyl adjacent to an activating group) is 1. The van der Waals surface area contributed by atoms with E-state index >= 15 is 0 Å². The number of rotatable bonds is 11. The van der Waals surface area contributed by atoms with E-state index < -0.39 is 0 Å². The molecule has 0 bridgehead atoms. The zero-order chi connectivity index (χ0) is 34.3. The van der Waals surface area contributed by atoms with Gasteiger partial charge in [0.15, 0.2) is 0 Å². The molecule has 0 unspecified atom stereocenters. The van der Waals surface area contributed by atoms with Gasteiger partial charge in [0.05, 0.1) is 34.8 Å². The number of carbonyl (C=O) groups is 1. The smallest absolute Gasteiger partial charge is 0.290 e. The highest BCUT2D eigenvalue weighted by Gasteiger charge is 2.29. The van der Waals surface area contributed by atoms with E-state index in [9.17, 15) is 4.39 Å². The molecular formula is C36H52ClFN4O4. The summed E-state index contributed by atoms with van der Waals surface area (Å²) in [5.41, 5.74) is 7.18. The maximum absolute atomic E-state index is 13.3. The molecule has 1 saturated heterocycles. The van der Waals surface area contributed by atoms with Crippen LogP contribution in [0.2, 0.25) is 5.02 Å². The minimum atomic E-state index is -0.377. The average molecular weight is 659 g/mol. The van der Waals surface area contributed by atoms with Crippen molar-refractivity contribution in [1.82, 2.24) is 9.97 Å². The number of hydrogen-bond acceptors (Lipinski definition) is 7. The van der Waals surface area contributed by atoms with Crippen LogP contribution in [0.4, 0.5) is 15.8 Å². The van der Waals surface area contributed by atoms with Crippen molar-refractivity contribution in [3.8, 4) is 17.0 Å². The van der Waals surface area contributed by atoms with Gasteiger partial charge in [-0.25, -0.2) is 4.39 Å². The van der Waals surface area contributed by atoms with Crippen LogP contribution in [-0.4, -0.2) is 66.5 Å². The van der Waals surface area contributed by atoms with Crippen LogP contribution in [-0.2, 0) is 11.2 Å². The standard InChI is InChI=1S/C31H40ClFN4O.C4H10O.CH2O2/c1-21(2)17-25-22(3)34-20-26(30(25)37-13-11-31(4,5)12-14-37)28-9-8-24(19-35-28)36(6)15-16-38-29-10-7-23(33)18-27(29)32;1-2-3-4-5;2-1-3/h7-10,18-21H,11-17H2,1-6H3;5H,2-4H2,1H3;1H,(H,2,3). The van der Waals surface area contributed by atoms with Gasteiger partial charge in [-0.1, -0.05) is 52.6 Å². The SMILES string of the molecule is CCCCO.Cc1ncc(-c2ccc(N(C)CCOc3ccc(F)cc3Cl)cn2)c(N2CCC(C)(C)CC2)c1CC(C)C.O=CO. The van der Waals surface area contributed by atoms with Gasteiger partial charge in [0, 0.05) is 44.2 Å². The van der Waals surface area contributed by atoms with E-state index in [1.54, 1.807) is 6.07 Å². The largest absolute Gasteiger partial charge is 0.490 e. The Morgan fingerprint density at radius 2 is 1.83 bits per heavy atom. The molecule has 0 spiro atoms. The van der Waals surface area contributed by atoms with Gasteiger partial charge >= 0.3 is 0 Å². The molecule has 1 aliphatic heterocycles. The number of ether oxygens (including phenoxy) is 1. The van der Waals surface area contributed by atoms with Crippen molar-refractivity contribution in [2.45, 2.75) is 73.6 Å². The highest BCUT2D eigenvalue weighted by atomic mass is 35.5. The first-order valence-electron chi connectivity index (χ1n) is 16.0. The monoisotopic (exact) mass is 658 g/mol. The molecule has 3 aromatic rings. The Balaban J connectivity index is 0.000000825. The van der Waals surface area contributed by atoms with Crippen molar-refractivity contribution in [3.05, 3.63) is 64.8 Å². The molecule has 46 heavy (non-hydrogen) atoms. The number of piperidine rings is 1. The fourth-order valence-corrected chi connectivity index (χ4v) is 5.34. The van der Waals surface area contributed by atoms with Crippen molar-refractivity contribution in [2.75, 3.05) is 49.7 Å². The Kier molecular flexibility index (Phi) is 16.2. The van der Waals surface area contributed by atoms with Crippen LogP contribution < -0.4 is 14.5 Å². The number of pyridine rings is 2. The van der Waals surface area contributed by atoms with E-state index in [2.05, 4.69) is 63.5 Å². The number of aromatic nitrogens is 2. The summed E-state index contributed by atoms with van der Waals surface area (Å²) in [5, 5.41) is 15.2. The molecule has 8 nitrogen and oxygen atoms in total. The first kappa shape index (κ1) is 38.8. The molecular weight excluding hydrogens is 607 g/mol. The Hall–Kier alpha value is -3.43. The van der Waals surface area contributed by atoms with Crippen molar-refractivity contribution in [1.29, 1.82) is 0 Å². The molecule has 4 rings (SSSR count). The number of unbranched alkanes of at least 4 members (excludes halogenated alkanes) is 1. The summed E-state index contributed by atoms with van der Waals surface area (Å²) in [6, 6.07) is 8.34. The van der Waals surface area contributed by atoms with Crippen molar-refractivity contribution in [2.24, 2.45) is 11.3 Å². The van der Waals surface area contributed by atoms with E-state index in [1.165, 1.54) is 36.2 Å². The maximum atomic E-state index is 13.3. The molecule has 0 amide bonds. The van der Waals surface area contributed by atoms with Gasteiger partial charge in [-0.05, 0) is 79.8 Å². The van der Waals surface area contributed by atoms with Gasteiger partial charge in [-0.2, -0.15) is 0 Å². The van der Waals surface area contributed by atoms with E-state index in [0.29, 0.717) is 36.8 Å². The summed E-state index contributed by atoms with van der Waals surface area (Å²) < 4.78 is 19.0. The van der Waals surface area contributed by atoms with E-state index in [4.69, 9.17) is 41.3 Å². The van der Waals surface area contributed by atoms with Crippen LogP contribution in [0.1, 0.15) is 71.6 Å². The predicted molar refractivity (Wildman–Crippen MR) is 187 cm³/mol. The van der Waals surface area contributed by atoms with Crippen LogP contribution in [0.3, 0.4) is 0 Å². The Bertz CT molecular complexity index is 1340. The normalized spacial score (nSPS) is 13.7. The predicted octanol–water partition coefficient (Wildman–Crippen LogP) is 8.06. The summed E-state index contributed by atoms with van der Waals surface area (Å²) in [7, 11) is 2.00. The number of hydrogen-bond donors (Lipinski definition) is 2. The third-order valence-electron chi connectivity index (χ3n) is 7.97. The highest BCUT2D eigenvalue weighted by Crippen LogP contribution is 2.40. The lowest BCUT2D eigenvalue weighted by atomic mass is 9.82. The Labute approximate surface area is 279 Å². The number of aryl methyl sites for hydroxylation is 1. The van der Waals surface area contributed by atoms with Crippen molar-refractivity contribution < 1.29 is 24.1 Å². The van der Waals surface area contributed by atoms with Crippen LogP contribution in [0.25, 0.3) is 11.3 Å². The quantitative estimate of drug-likeness (QED) is 0.200. The minimum Gasteiger partial charge on any atom is -0.490 e. The topological polar surface area (TPSA) is 99.0 Å². The van der Waals surface area contributed by atoms with Crippen molar-refractivity contribution >= 4 is 29.4 Å². The van der Waals surface area contributed by atoms with Gasteiger partial charge < -0.3 is 24.7 Å². The Morgan fingerprint density at radius 1 is 1.15 bits per heavy atom. The van der Waals surface area contributed by atoms with Crippen LogP contribution >= 0.6 is 11.6 Å². The zero-order valence-electron chi connectivity index (χ0n) is 28.5. The molecule has 0 radical (unpaired) electrons. The zero-order valence-corrected chi connectivity index (χ0v) is 29.3. The second kappa shape index (κ2) is 19.3. The third-order valence-corrected chi connectivity index (χ3v) is 8.26. The molecule has 0 saturated carbocycles. The number of aliphatic hydroxyl groups is 1. The van der Waals surface area contributed by atoms with Crippen LogP contribution in [0.15, 0.2) is 42.7 Å². The molecule has 1 aliphatic rings. The summed E-state index contributed by atoms with van der Waals surface area (Å²) in [6.07, 6.45) is 9.30. The molecule has 3 heterocycles. The summed E-state index contributed by atoms with van der Waals surface area (Å²) in [4.78, 5) is 22.7. The van der Waals surface area contributed by atoms with E-state index in [-0.39, 0.29) is 17.3 Å². The molecule has 10 heteroatoms. The number of anilines is 2. The minimum absolute atomic E-state index is 0.250. The van der Waals surface area contributed by atoms with Crippen molar-refractivity contribution in [3.63, 3.8) is 0 Å². The average Bonchev–Trinajstić information content (AvgIpc) is 3.00. The fraction of sp³-hybridized carbons (Fsp3) is 0.528. The van der Waals surface area contributed by atoms with Gasteiger partial charge in [0.1, 0.15) is 18.2 Å². The number of aliphatic hydroxyl groups excluding tert-OH is 1. The lowest BCUT2D eigenvalue weighted by Crippen LogP contribution is -2.38. The second-order valence-electron chi connectivity index (χ2n) is 12.8. The molecule has 1 aromatic carbocycles. The molecule has 254 valence electrons. The number of nitrogens with zero attached hydrogens (tertiary/aromatic N) is 4. The summed E-state index contributed by atoms with van der Waals surface area (Å²) >= 11 is 6.07. The molecule has 0 aliphatic carbocycles. The number of carboxylic acid groups (broad SMARTS) is 1. The molecule has 0 atom stereocenters. The van der Waals surface area contributed by atoms with E-state index in [0.717, 1.165) is 55.0 Å². The highest BCUT2D eigenvalue weighted by molar-refractivity contribution is 6.32. The van der Waals surface area contributed by atoms with E-state index in [1.807, 2.05) is 19.4 Å². The van der Waals surface area contributed by atoms with Crippen LogP contribution in [0.5, 0.6) is 5.75 Å². The van der Waals surface area contributed by atoms with Crippen LogP contribution in [0, 0.1) is 24.1 Å². The lowest BCUT2D eigenvalue weighted by Gasteiger charge is -2.40. The van der Waals surface area contributed by atoms with Gasteiger partial charge in [0.2, 0.25) is 0 Å². The first-order chi connectivity index (χ1) is 21.9. The molecule has 1 fully saturated rings. The third kappa shape index (κ3) is 12.1. The van der Waals surface area contributed by atoms with Gasteiger partial charge in [0.25, 0.3) is 6.47 Å². The number of halogens is 2. The number of benzene rings is 1. The summed E-state index contributed by atoms with van der Waals surface area (Å²) in [5.74, 6) is 0.646. The fourth-order valence-electron chi connectivity index (χ4n) is 5.11. The van der Waals surface area contributed by atoms with Gasteiger partial charge in [-0.3, -0.25) is 14.8 Å². The molecule has 2 aromatic heterocycles. The first-order valence-corrected chi connectivity index (χ1v) is 16.4. The second-order valence-corrected chi connectivity index (χ2v) is 13.2. The summed E-state index contributed by atoms with van der Waals surface area (Å²) in [6.45, 7) is 16.7. The maximum Gasteiger partial charge on any atom is 0.290 e. The Morgan fingerprint density at radius 3 is 2.35 bits per heavy atom.